The van der Waals surface area contributed by atoms with Gasteiger partial charge in [0.05, 0.1) is 6.04 Å². The lowest BCUT2D eigenvalue weighted by molar-refractivity contribution is -0.133. The number of hydrogen-bond donors (Lipinski definition) is 2. The molecular weight excluding hydrogens is 554 g/mol. The monoisotopic (exact) mass is 597 g/mol. The van der Waals surface area contributed by atoms with E-state index in [9.17, 15) is 9.59 Å². The fourth-order valence-corrected chi connectivity index (χ4v) is 6.69. The van der Waals surface area contributed by atoms with Crippen molar-refractivity contribution in [1.29, 1.82) is 0 Å². The second-order valence-corrected chi connectivity index (χ2v) is 12.5. The molecule has 2 atom stereocenters. The van der Waals surface area contributed by atoms with Crippen LogP contribution in [0.3, 0.4) is 0 Å². The van der Waals surface area contributed by atoms with E-state index in [1.54, 1.807) is 12.2 Å². The molecule has 0 bridgehead atoms. The number of amides is 2. The van der Waals surface area contributed by atoms with Gasteiger partial charge in [-0.1, -0.05) is 123 Å². The Labute approximate surface area is 261 Å². The van der Waals surface area contributed by atoms with Gasteiger partial charge in [-0.05, 0) is 53.7 Å². The van der Waals surface area contributed by atoms with Crippen LogP contribution in [0.2, 0.25) is 5.02 Å². The lowest BCUT2D eigenvalue weighted by Gasteiger charge is -2.29. The first-order chi connectivity index (χ1) is 21.0. The summed E-state index contributed by atoms with van der Waals surface area (Å²) in [6.07, 6.45) is 12.5. The van der Waals surface area contributed by atoms with E-state index >= 15 is 0 Å². The Morgan fingerprint density at radius 3 is 2.21 bits per heavy atom. The number of benzene rings is 3. The van der Waals surface area contributed by atoms with E-state index in [-0.39, 0.29) is 29.8 Å². The third-order valence-corrected chi connectivity index (χ3v) is 9.25. The molecule has 1 saturated carbocycles. The topological polar surface area (TPSA) is 61.4 Å². The van der Waals surface area contributed by atoms with Gasteiger partial charge in [0.1, 0.15) is 0 Å². The largest absolute Gasteiger partial charge is 0.351 e. The minimum Gasteiger partial charge on any atom is -0.351 e. The summed E-state index contributed by atoms with van der Waals surface area (Å²) in [5.74, 6) is 0.940. The average Bonchev–Trinajstić information content (AvgIpc) is 3.51. The third kappa shape index (κ3) is 9.29. The van der Waals surface area contributed by atoms with Crippen LogP contribution in [0.4, 0.5) is 0 Å². The summed E-state index contributed by atoms with van der Waals surface area (Å²) in [5.41, 5.74) is 3.35. The van der Waals surface area contributed by atoms with Crippen molar-refractivity contribution in [3.8, 4) is 0 Å². The molecule has 6 heteroatoms. The molecule has 2 fully saturated rings. The number of nitrogens with one attached hydrogen (secondary N) is 2. The Balaban J connectivity index is 1.26. The highest BCUT2D eigenvalue weighted by Gasteiger charge is 2.32. The van der Waals surface area contributed by atoms with Crippen molar-refractivity contribution in [2.24, 2.45) is 5.92 Å². The fraction of sp³-hybridized carbons (Fsp3) is 0.405. The van der Waals surface area contributed by atoms with Crippen LogP contribution < -0.4 is 10.6 Å². The maximum absolute atomic E-state index is 14.1. The molecule has 3 aromatic carbocycles. The van der Waals surface area contributed by atoms with Gasteiger partial charge in [-0.25, -0.2) is 0 Å². The first kappa shape index (κ1) is 31.0. The molecule has 1 aliphatic carbocycles. The Morgan fingerprint density at radius 2 is 1.56 bits per heavy atom. The van der Waals surface area contributed by atoms with Crippen LogP contribution in [-0.4, -0.2) is 48.4 Å². The summed E-state index contributed by atoms with van der Waals surface area (Å²) in [6, 6.07) is 28.2. The van der Waals surface area contributed by atoms with Gasteiger partial charge in [-0.3, -0.25) is 9.59 Å². The molecule has 1 heterocycles. The second-order valence-electron chi connectivity index (χ2n) is 12.1. The molecule has 226 valence electrons. The van der Waals surface area contributed by atoms with Crippen LogP contribution in [0.15, 0.2) is 91.0 Å². The van der Waals surface area contributed by atoms with Gasteiger partial charge in [0.25, 0.3) is 0 Å². The zero-order valence-electron chi connectivity index (χ0n) is 25.0. The van der Waals surface area contributed by atoms with E-state index in [1.165, 1.54) is 43.2 Å². The first-order valence-corrected chi connectivity index (χ1v) is 16.3. The van der Waals surface area contributed by atoms with Crippen molar-refractivity contribution in [1.82, 2.24) is 15.5 Å². The van der Waals surface area contributed by atoms with Gasteiger partial charge in [-0.2, -0.15) is 0 Å². The summed E-state index contributed by atoms with van der Waals surface area (Å²) in [5, 5.41) is 7.39. The first-order valence-electron chi connectivity index (χ1n) is 15.9. The van der Waals surface area contributed by atoms with E-state index < -0.39 is 0 Å². The fourth-order valence-electron chi connectivity index (χ4n) is 6.56. The maximum atomic E-state index is 14.1. The van der Waals surface area contributed by atoms with Crippen LogP contribution >= 0.6 is 11.6 Å². The van der Waals surface area contributed by atoms with Gasteiger partial charge in [0.15, 0.2) is 0 Å². The van der Waals surface area contributed by atoms with Crippen LogP contribution in [0.25, 0.3) is 6.08 Å². The predicted octanol–water partition coefficient (Wildman–Crippen LogP) is 7.22. The van der Waals surface area contributed by atoms with Gasteiger partial charge < -0.3 is 15.5 Å². The van der Waals surface area contributed by atoms with Gasteiger partial charge in [-0.15, -0.1) is 0 Å². The molecule has 3 aromatic rings. The number of carbonyl (C=O) groups is 2. The average molecular weight is 598 g/mol. The number of rotatable bonds is 12. The molecule has 43 heavy (non-hydrogen) atoms. The summed E-state index contributed by atoms with van der Waals surface area (Å²) in [7, 11) is 0. The minimum atomic E-state index is -0.248. The van der Waals surface area contributed by atoms with Crippen molar-refractivity contribution in [2.45, 2.75) is 69.4 Å². The smallest absolute Gasteiger partial charge is 0.244 e. The van der Waals surface area contributed by atoms with Crippen LogP contribution in [0, 0.1) is 5.92 Å². The highest BCUT2D eigenvalue weighted by atomic mass is 35.5. The summed E-state index contributed by atoms with van der Waals surface area (Å²) in [4.78, 5) is 28.8. The minimum absolute atomic E-state index is 0.0187. The molecule has 0 unspecified atom stereocenters. The molecule has 5 rings (SSSR count). The van der Waals surface area contributed by atoms with Crippen molar-refractivity contribution in [2.75, 3.05) is 19.6 Å². The van der Waals surface area contributed by atoms with E-state index in [1.807, 2.05) is 36.4 Å². The lowest BCUT2D eigenvalue weighted by Crippen LogP contribution is -2.49. The zero-order valence-corrected chi connectivity index (χ0v) is 25.7. The molecule has 0 radical (unpaired) electrons. The number of nitrogens with zero attached hydrogens (tertiary/aromatic N) is 1. The quantitative estimate of drug-likeness (QED) is 0.217. The molecule has 2 N–H and O–H groups in total. The number of halogens is 1. The highest BCUT2D eigenvalue weighted by molar-refractivity contribution is 6.30. The standard InChI is InChI=1S/C37H44ClN3O2/c38-32-21-18-29(19-22-32)20-23-36(42)39-26-33-24-25-41(37(43)35(40-33)17-9-12-28-10-7-8-11-28)27-34(30-13-3-1-4-14-30)31-15-5-2-6-16-31/h1-6,13-16,18-23,28,33-35,40H,7-12,17,24-27H2,(H,39,42)/t33-,35-/m0/s1. The summed E-state index contributed by atoms with van der Waals surface area (Å²) < 4.78 is 0. The Hall–Kier alpha value is -3.41. The van der Waals surface area contributed by atoms with Crippen LogP contribution in [0.1, 0.15) is 74.0 Å². The van der Waals surface area contributed by atoms with E-state index in [0.29, 0.717) is 24.7 Å². The normalized spacial score (nSPS) is 19.7. The van der Waals surface area contributed by atoms with Crippen LogP contribution in [0.5, 0.6) is 0 Å². The summed E-state index contributed by atoms with van der Waals surface area (Å²) >= 11 is 5.97. The van der Waals surface area contributed by atoms with Crippen molar-refractivity contribution in [3.05, 3.63) is 113 Å². The third-order valence-electron chi connectivity index (χ3n) is 9.00. The Bertz CT molecular complexity index is 1280. The van der Waals surface area contributed by atoms with Crippen LogP contribution in [-0.2, 0) is 9.59 Å². The van der Waals surface area contributed by atoms with Crippen molar-refractivity contribution in [3.63, 3.8) is 0 Å². The Morgan fingerprint density at radius 1 is 0.907 bits per heavy atom. The zero-order chi connectivity index (χ0) is 29.9. The molecule has 0 spiro atoms. The van der Waals surface area contributed by atoms with Gasteiger partial charge >= 0.3 is 0 Å². The van der Waals surface area contributed by atoms with E-state index in [0.717, 1.165) is 30.7 Å². The predicted molar refractivity (Wildman–Crippen MR) is 176 cm³/mol. The molecule has 2 amide bonds. The molecular formula is C37H44ClN3O2. The molecule has 1 aliphatic heterocycles. The molecule has 2 aliphatic rings. The SMILES string of the molecule is O=C(C=Cc1ccc(Cl)cc1)NC[C@@H]1CCN(CC(c2ccccc2)c2ccccc2)C(=O)[C@H](CCCC2CCCC2)N1. The van der Waals surface area contributed by atoms with E-state index in [4.69, 9.17) is 11.6 Å². The molecule has 5 nitrogen and oxygen atoms in total. The number of hydrogen-bond acceptors (Lipinski definition) is 3. The van der Waals surface area contributed by atoms with Crippen molar-refractivity contribution >= 4 is 29.5 Å². The molecule has 1 saturated heterocycles. The number of carbonyl (C=O) groups excluding carboxylic acids is 2. The second kappa shape index (κ2) is 15.9. The van der Waals surface area contributed by atoms with E-state index in [2.05, 4.69) is 64.1 Å². The highest BCUT2D eigenvalue weighted by Crippen LogP contribution is 2.30. The lowest BCUT2D eigenvalue weighted by atomic mass is 9.90. The maximum Gasteiger partial charge on any atom is 0.244 e. The summed E-state index contributed by atoms with van der Waals surface area (Å²) in [6.45, 7) is 1.77. The molecule has 0 aromatic heterocycles. The Kier molecular flexibility index (Phi) is 11.5. The van der Waals surface area contributed by atoms with Gasteiger partial charge in [0.2, 0.25) is 11.8 Å². The van der Waals surface area contributed by atoms with Gasteiger partial charge in [0, 0.05) is 42.7 Å². The van der Waals surface area contributed by atoms with Crippen molar-refractivity contribution < 1.29 is 9.59 Å².